The van der Waals surface area contributed by atoms with Gasteiger partial charge in [-0.05, 0) is 63.5 Å². The highest BCUT2D eigenvalue weighted by Gasteiger charge is 2.15. The van der Waals surface area contributed by atoms with Crippen LogP contribution in [-0.4, -0.2) is 31.2 Å². The Morgan fingerprint density at radius 3 is 2.92 bits per heavy atom. The van der Waals surface area contributed by atoms with Gasteiger partial charge in [0, 0.05) is 12.2 Å². The molecule has 0 amide bonds. The molecule has 0 spiro atoms. The van der Waals surface area contributed by atoms with E-state index < -0.39 is 0 Å². The first kappa shape index (κ1) is 16.8. The van der Waals surface area contributed by atoms with Crippen molar-refractivity contribution in [2.45, 2.75) is 38.3 Å². The van der Waals surface area contributed by atoms with Crippen LogP contribution in [0.1, 0.15) is 37.0 Å². The fraction of sp³-hybridized carbons (Fsp3) is 0.450. The number of ether oxygens (including phenoxy) is 1. The molecule has 3 rings (SSSR count). The average Bonchev–Trinajstić information content (AvgIpc) is 3.27. The molecule has 0 aliphatic carbocycles. The van der Waals surface area contributed by atoms with Crippen LogP contribution in [0.2, 0.25) is 0 Å². The van der Waals surface area contributed by atoms with Gasteiger partial charge in [-0.3, -0.25) is 4.90 Å². The number of benzene rings is 1. The van der Waals surface area contributed by atoms with E-state index in [2.05, 4.69) is 18.0 Å². The third-order valence-electron chi connectivity index (χ3n) is 4.49. The molecule has 1 aromatic heterocycles. The number of furan rings is 1. The molecule has 4 nitrogen and oxygen atoms in total. The van der Waals surface area contributed by atoms with Gasteiger partial charge < -0.3 is 9.15 Å². The van der Waals surface area contributed by atoms with E-state index in [0.29, 0.717) is 11.7 Å². The topological polar surface area (TPSA) is 49.4 Å². The second-order valence-electron chi connectivity index (χ2n) is 6.44. The zero-order chi connectivity index (χ0) is 16.8. The minimum absolute atomic E-state index is 0.469. The normalized spacial score (nSPS) is 17.3. The van der Waals surface area contributed by atoms with E-state index in [4.69, 9.17) is 9.15 Å². The van der Waals surface area contributed by atoms with Crippen molar-refractivity contribution in [3.05, 3.63) is 47.7 Å². The van der Waals surface area contributed by atoms with E-state index in [1.807, 2.05) is 36.4 Å². The van der Waals surface area contributed by atoms with Crippen molar-refractivity contribution in [1.82, 2.24) is 4.90 Å². The molecular formula is C20H24N2O2. The smallest absolute Gasteiger partial charge is 0.135 e. The van der Waals surface area contributed by atoms with Crippen molar-refractivity contribution in [3.63, 3.8) is 0 Å². The molecule has 126 valence electrons. The number of nitriles is 1. The Labute approximate surface area is 143 Å². The van der Waals surface area contributed by atoms with Crippen molar-refractivity contribution >= 4 is 0 Å². The summed E-state index contributed by atoms with van der Waals surface area (Å²) in [6.07, 6.45) is 5.18. The summed E-state index contributed by atoms with van der Waals surface area (Å²) in [5, 5.41) is 9.21. The zero-order valence-corrected chi connectivity index (χ0v) is 14.2. The molecule has 4 heteroatoms. The molecule has 24 heavy (non-hydrogen) atoms. The Balaban J connectivity index is 1.52. The molecule has 1 saturated heterocycles. The van der Waals surface area contributed by atoms with Crippen LogP contribution < -0.4 is 0 Å². The Kier molecular flexibility index (Phi) is 5.68. The highest BCUT2D eigenvalue weighted by molar-refractivity contribution is 5.66. The van der Waals surface area contributed by atoms with Gasteiger partial charge in [-0.1, -0.05) is 12.1 Å². The van der Waals surface area contributed by atoms with Gasteiger partial charge in [-0.15, -0.1) is 0 Å². The lowest BCUT2D eigenvalue weighted by atomic mass is 10.1. The van der Waals surface area contributed by atoms with E-state index in [0.717, 1.165) is 49.6 Å². The highest BCUT2D eigenvalue weighted by atomic mass is 16.5. The first-order chi connectivity index (χ1) is 11.8. The third-order valence-corrected chi connectivity index (χ3v) is 4.49. The molecule has 0 saturated carbocycles. The number of rotatable bonds is 7. The summed E-state index contributed by atoms with van der Waals surface area (Å²) in [4.78, 5) is 2.27. The van der Waals surface area contributed by atoms with Crippen molar-refractivity contribution in [1.29, 1.82) is 5.26 Å². The molecule has 0 unspecified atom stereocenters. The fourth-order valence-corrected chi connectivity index (χ4v) is 3.21. The Bertz CT molecular complexity index is 696. The van der Waals surface area contributed by atoms with Crippen LogP contribution in [0.3, 0.4) is 0 Å². The molecule has 1 atom stereocenters. The van der Waals surface area contributed by atoms with Crippen LogP contribution in [0.5, 0.6) is 0 Å². The van der Waals surface area contributed by atoms with E-state index >= 15 is 0 Å². The van der Waals surface area contributed by atoms with Gasteiger partial charge in [0.15, 0.2) is 0 Å². The lowest BCUT2D eigenvalue weighted by molar-refractivity contribution is 0.0993. The van der Waals surface area contributed by atoms with E-state index in [9.17, 15) is 5.26 Å². The maximum atomic E-state index is 9.21. The summed E-state index contributed by atoms with van der Waals surface area (Å²) in [7, 11) is 2.11. The van der Waals surface area contributed by atoms with Crippen LogP contribution >= 0.6 is 0 Å². The maximum Gasteiger partial charge on any atom is 0.135 e. The summed E-state index contributed by atoms with van der Waals surface area (Å²) >= 11 is 0. The molecule has 1 aromatic carbocycles. The average molecular weight is 324 g/mol. The van der Waals surface area contributed by atoms with Crippen LogP contribution in [0.4, 0.5) is 0 Å². The van der Waals surface area contributed by atoms with Gasteiger partial charge >= 0.3 is 0 Å². The van der Waals surface area contributed by atoms with Crippen molar-refractivity contribution in [2.24, 2.45) is 0 Å². The van der Waals surface area contributed by atoms with Crippen LogP contribution in [0.15, 0.2) is 40.8 Å². The van der Waals surface area contributed by atoms with Gasteiger partial charge in [-0.25, -0.2) is 0 Å². The van der Waals surface area contributed by atoms with Gasteiger partial charge in [-0.2, -0.15) is 5.26 Å². The SMILES string of the molecule is CN(CCC[C@@H]1CCCO1)Cc1ccc(-c2ccccc2C#N)o1. The second-order valence-corrected chi connectivity index (χ2v) is 6.44. The highest BCUT2D eigenvalue weighted by Crippen LogP contribution is 2.26. The Morgan fingerprint density at radius 1 is 1.25 bits per heavy atom. The van der Waals surface area contributed by atoms with Gasteiger partial charge in [0.05, 0.1) is 24.3 Å². The molecule has 1 aliphatic heterocycles. The zero-order valence-electron chi connectivity index (χ0n) is 14.2. The van der Waals surface area contributed by atoms with Crippen molar-refractivity contribution in [3.8, 4) is 17.4 Å². The first-order valence-electron chi connectivity index (χ1n) is 8.64. The van der Waals surface area contributed by atoms with Crippen molar-refractivity contribution in [2.75, 3.05) is 20.2 Å². The van der Waals surface area contributed by atoms with Gasteiger partial charge in [0.2, 0.25) is 0 Å². The van der Waals surface area contributed by atoms with Crippen LogP contribution in [-0.2, 0) is 11.3 Å². The first-order valence-corrected chi connectivity index (χ1v) is 8.64. The Morgan fingerprint density at radius 2 is 2.12 bits per heavy atom. The predicted octanol–water partition coefficient (Wildman–Crippen LogP) is 4.21. The minimum Gasteiger partial charge on any atom is -0.460 e. The maximum absolute atomic E-state index is 9.21. The van der Waals surface area contributed by atoms with E-state index in [1.54, 1.807) is 0 Å². The summed E-state index contributed by atoms with van der Waals surface area (Å²) < 4.78 is 11.6. The molecule has 2 aromatic rings. The van der Waals surface area contributed by atoms with E-state index in [-0.39, 0.29) is 0 Å². The standard InChI is InChI=1S/C20H24N2O2/c1-22(12-4-7-17-8-5-13-23-17)15-18-10-11-20(24-18)19-9-3-2-6-16(19)14-21/h2-3,6,9-11,17H,4-5,7-8,12-13,15H2,1H3/t17-/m1/s1. The van der Waals surface area contributed by atoms with E-state index in [1.165, 1.54) is 12.8 Å². The van der Waals surface area contributed by atoms with Crippen LogP contribution in [0, 0.1) is 11.3 Å². The minimum atomic E-state index is 0.469. The molecular weight excluding hydrogens is 300 g/mol. The summed E-state index contributed by atoms with van der Waals surface area (Å²) in [6.45, 7) is 2.74. The molecule has 0 radical (unpaired) electrons. The third kappa shape index (κ3) is 4.25. The lowest BCUT2D eigenvalue weighted by Gasteiger charge is -2.16. The summed E-state index contributed by atoms with van der Waals surface area (Å²) in [6, 6.07) is 13.7. The molecule has 0 bridgehead atoms. The monoisotopic (exact) mass is 324 g/mol. The summed E-state index contributed by atoms with van der Waals surface area (Å²) in [5.74, 6) is 1.69. The fourth-order valence-electron chi connectivity index (χ4n) is 3.21. The van der Waals surface area contributed by atoms with Gasteiger partial charge in [0.1, 0.15) is 11.5 Å². The quantitative estimate of drug-likeness (QED) is 0.765. The molecule has 1 aliphatic rings. The molecule has 2 heterocycles. The lowest BCUT2D eigenvalue weighted by Crippen LogP contribution is -2.20. The Hall–Kier alpha value is -2.09. The summed E-state index contributed by atoms with van der Waals surface area (Å²) in [5.41, 5.74) is 1.50. The molecule has 1 fully saturated rings. The number of nitrogens with zero attached hydrogens (tertiary/aromatic N) is 2. The van der Waals surface area contributed by atoms with Crippen LogP contribution in [0.25, 0.3) is 11.3 Å². The second kappa shape index (κ2) is 8.14. The van der Waals surface area contributed by atoms with Gasteiger partial charge in [0.25, 0.3) is 0 Å². The van der Waals surface area contributed by atoms with Crippen molar-refractivity contribution < 1.29 is 9.15 Å². The predicted molar refractivity (Wildman–Crippen MR) is 93.4 cm³/mol. The largest absolute Gasteiger partial charge is 0.460 e. The molecule has 0 N–H and O–H groups in total. The number of hydrogen-bond donors (Lipinski definition) is 0. The number of hydrogen-bond acceptors (Lipinski definition) is 4.